The number of benzene rings is 2. The topological polar surface area (TPSA) is 85.1 Å². The maximum Gasteiger partial charge on any atom is 0.414 e. The fourth-order valence-corrected chi connectivity index (χ4v) is 2.63. The molecule has 29 heavy (non-hydrogen) atoms. The Balaban J connectivity index is 0.00000420. The van der Waals surface area contributed by atoms with Gasteiger partial charge in [-0.1, -0.05) is 12.1 Å². The van der Waals surface area contributed by atoms with Crippen molar-refractivity contribution in [3.8, 4) is 11.5 Å². The highest BCUT2D eigenvalue weighted by Gasteiger charge is 2.15. The van der Waals surface area contributed by atoms with Crippen molar-refractivity contribution in [1.29, 1.82) is 0 Å². The Morgan fingerprint density at radius 3 is 2.03 bits per heavy atom. The SMILES string of the molecule is CN(C)C(=O)Oc1ccc([C@H](CCOc2ccc([N+](=O)[O-])cc2)N(C)C)cc1.Cl. The molecular formula is C20H26ClN3O5. The summed E-state index contributed by atoms with van der Waals surface area (Å²) in [4.78, 5) is 25.3. The molecule has 1 atom stereocenters. The van der Waals surface area contributed by atoms with Crippen LogP contribution in [0.5, 0.6) is 11.5 Å². The van der Waals surface area contributed by atoms with Crippen LogP contribution in [0.25, 0.3) is 0 Å². The largest absolute Gasteiger partial charge is 0.494 e. The van der Waals surface area contributed by atoms with E-state index in [9.17, 15) is 14.9 Å². The molecule has 0 aliphatic heterocycles. The lowest BCUT2D eigenvalue weighted by Crippen LogP contribution is -2.25. The third-order valence-corrected chi connectivity index (χ3v) is 4.17. The van der Waals surface area contributed by atoms with Crippen LogP contribution in [0.4, 0.5) is 10.5 Å². The molecule has 8 nitrogen and oxygen atoms in total. The van der Waals surface area contributed by atoms with Crippen LogP contribution >= 0.6 is 12.4 Å². The number of hydrogen-bond acceptors (Lipinski definition) is 6. The summed E-state index contributed by atoms with van der Waals surface area (Å²) in [5.41, 5.74) is 1.11. The number of carbonyl (C=O) groups excluding carboxylic acids is 1. The second kappa shape index (κ2) is 11.2. The highest BCUT2D eigenvalue weighted by Crippen LogP contribution is 2.25. The molecule has 158 valence electrons. The molecule has 0 spiro atoms. The second-order valence-electron chi connectivity index (χ2n) is 6.70. The number of rotatable bonds is 8. The van der Waals surface area contributed by atoms with Gasteiger partial charge in [-0.2, -0.15) is 0 Å². The van der Waals surface area contributed by atoms with Gasteiger partial charge in [0, 0.05) is 38.7 Å². The van der Waals surface area contributed by atoms with Crippen LogP contribution in [-0.2, 0) is 0 Å². The van der Waals surface area contributed by atoms with Crippen LogP contribution in [0.1, 0.15) is 18.0 Å². The summed E-state index contributed by atoms with van der Waals surface area (Å²) in [7, 11) is 7.22. The standard InChI is InChI=1S/C20H25N3O5.ClH/c1-21(2)19(13-14-27-17-11-7-16(8-12-17)23(25)26)15-5-9-18(10-6-15)28-20(24)22(3)4;/h5-12,19H,13-14H2,1-4H3;1H/t19-;/m0./s1. The molecule has 2 aromatic carbocycles. The first-order valence-electron chi connectivity index (χ1n) is 8.80. The molecule has 0 radical (unpaired) electrons. The lowest BCUT2D eigenvalue weighted by molar-refractivity contribution is -0.384. The van der Waals surface area contributed by atoms with E-state index in [0.29, 0.717) is 18.1 Å². The predicted molar refractivity (Wildman–Crippen MR) is 113 cm³/mol. The number of carbonyl (C=O) groups is 1. The first-order valence-corrected chi connectivity index (χ1v) is 8.80. The second-order valence-corrected chi connectivity index (χ2v) is 6.70. The Bertz CT molecular complexity index is 795. The molecular weight excluding hydrogens is 398 g/mol. The fourth-order valence-electron chi connectivity index (χ4n) is 2.63. The lowest BCUT2D eigenvalue weighted by atomic mass is 10.0. The number of hydrogen-bond donors (Lipinski definition) is 0. The van der Waals surface area contributed by atoms with E-state index >= 15 is 0 Å². The molecule has 0 bridgehead atoms. The van der Waals surface area contributed by atoms with Gasteiger partial charge in [-0.3, -0.25) is 10.1 Å². The zero-order valence-electron chi connectivity index (χ0n) is 16.9. The zero-order valence-corrected chi connectivity index (χ0v) is 17.7. The summed E-state index contributed by atoms with van der Waals surface area (Å²) >= 11 is 0. The Morgan fingerprint density at radius 2 is 1.55 bits per heavy atom. The van der Waals surface area contributed by atoms with E-state index in [0.717, 1.165) is 12.0 Å². The maximum absolute atomic E-state index is 11.6. The number of halogens is 1. The average molecular weight is 424 g/mol. The molecule has 2 rings (SSSR count). The van der Waals surface area contributed by atoms with E-state index in [4.69, 9.17) is 9.47 Å². The predicted octanol–water partition coefficient (Wildman–Crippen LogP) is 4.15. The highest BCUT2D eigenvalue weighted by molar-refractivity contribution is 5.85. The number of ether oxygens (including phenoxy) is 2. The molecule has 2 aromatic rings. The van der Waals surface area contributed by atoms with Gasteiger partial charge in [-0.25, -0.2) is 4.79 Å². The molecule has 0 aliphatic rings. The van der Waals surface area contributed by atoms with Crippen molar-refractivity contribution in [1.82, 2.24) is 9.80 Å². The van der Waals surface area contributed by atoms with Crippen LogP contribution in [-0.4, -0.2) is 55.6 Å². The van der Waals surface area contributed by atoms with Crippen molar-refractivity contribution in [2.75, 3.05) is 34.8 Å². The van der Waals surface area contributed by atoms with Gasteiger partial charge in [0.25, 0.3) is 5.69 Å². The van der Waals surface area contributed by atoms with Crippen LogP contribution in [0.2, 0.25) is 0 Å². The molecule has 0 aromatic heterocycles. The number of nitro benzene ring substituents is 1. The normalized spacial score (nSPS) is 11.3. The zero-order chi connectivity index (χ0) is 20.7. The van der Waals surface area contributed by atoms with Gasteiger partial charge in [-0.05, 0) is 43.9 Å². The monoisotopic (exact) mass is 423 g/mol. The number of non-ortho nitro benzene ring substituents is 1. The van der Waals surface area contributed by atoms with Crippen LogP contribution < -0.4 is 9.47 Å². The molecule has 0 heterocycles. The number of amides is 1. The molecule has 9 heteroatoms. The minimum absolute atomic E-state index is 0. The quantitative estimate of drug-likeness (QED) is 0.468. The number of nitro groups is 1. The molecule has 0 unspecified atom stereocenters. The van der Waals surface area contributed by atoms with Gasteiger partial charge in [0.2, 0.25) is 0 Å². The van der Waals surface area contributed by atoms with Gasteiger partial charge in [-0.15, -0.1) is 12.4 Å². The van der Waals surface area contributed by atoms with E-state index in [1.54, 1.807) is 38.4 Å². The molecule has 0 fully saturated rings. The minimum atomic E-state index is -0.439. The van der Waals surface area contributed by atoms with Crippen molar-refractivity contribution in [2.45, 2.75) is 12.5 Å². The maximum atomic E-state index is 11.6. The first kappa shape index (κ1) is 24.2. The van der Waals surface area contributed by atoms with Gasteiger partial charge < -0.3 is 19.3 Å². The molecule has 0 saturated heterocycles. The Morgan fingerprint density at radius 1 is 1.00 bits per heavy atom. The van der Waals surface area contributed by atoms with Crippen molar-refractivity contribution in [3.63, 3.8) is 0 Å². The lowest BCUT2D eigenvalue weighted by Gasteiger charge is -2.25. The van der Waals surface area contributed by atoms with E-state index in [-0.39, 0.29) is 24.1 Å². The Hall–Kier alpha value is -2.84. The van der Waals surface area contributed by atoms with Crippen LogP contribution in [0.15, 0.2) is 48.5 Å². The van der Waals surface area contributed by atoms with Crippen molar-refractivity contribution in [2.24, 2.45) is 0 Å². The average Bonchev–Trinajstić information content (AvgIpc) is 2.66. The molecule has 1 amide bonds. The Kier molecular flexibility index (Phi) is 9.37. The minimum Gasteiger partial charge on any atom is -0.494 e. The van der Waals surface area contributed by atoms with Crippen LogP contribution in [0, 0.1) is 10.1 Å². The fraction of sp³-hybridized carbons (Fsp3) is 0.350. The summed E-state index contributed by atoms with van der Waals surface area (Å²) in [6.45, 7) is 0.456. The summed E-state index contributed by atoms with van der Waals surface area (Å²) in [6, 6.07) is 13.5. The smallest absolute Gasteiger partial charge is 0.414 e. The van der Waals surface area contributed by atoms with E-state index in [1.807, 2.05) is 26.2 Å². The van der Waals surface area contributed by atoms with Crippen molar-refractivity contribution >= 4 is 24.2 Å². The van der Waals surface area contributed by atoms with Gasteiger partial charge in [0.05, 0.1) is 11.5 Å². The van der Waals surface area contributed by atoms with E-state index in [2.05, 4.69) is 4.90 Å². The van der Waals surface area contributed by atoms with Crippen molar-refractivity contribution < 1.29 is 19.2 Å². The summed E-state index contributed by atoms with van der Waals surface area (Å²) < 4.78 is 11.0. The Labute approximate surface area is 176 Å². The van der Waals surface area contributed by atoms with Gasteiger partial charge in [0.1, 0.15) is 11.5 Å². The first-order chi connectivity index (χ1) is 13.3. The highest BCUT2D eigenvalue weighted by atomic mass is 35.5. The van der Waals surface area contributed by atoms with Gasteiger partial charge >= 0.3 is 6.09 Å². The third-order valence-electron chi connectivity index (χ3n) is 4.17. The summed E-state index contributed by atoms with van der Waals surface area (Å²) in [6.07, 6.45) is 0.300. The molecule has 0 saturated carbocycles. The van der Waals surface area contributed by atoms with E-state index in [1.165, 1.54) is 17.0 Å². The summed E-state index contributed by atoms with van der Waals surface area (Å²) in [5, 5.41) is 10.7. The third kappa shape index (κ3) is 7.24. The molecule has 0 N–H and O–H groups in total. The summed E-state index contributed by atoms with van der Waals surface area (Å²) in [5.74, 6) is 1.08. The van der Waals surface area contributed by atoms with Crippen LogP contribution in [0.3, 0.4) is 0 Å². The van der Waals surface area contributed by atoms with Crippen molar-refractivity contribution in [3.05, 3.63) is 64.2 Å². The molecule has 0 aliphatic carbocycles. The van der Waals surface area contributed by atoms with Gasteiger partial charge in [0.15, 0.2) is 0 Å². The van der Waals surface area contributed by atoms with E-state index < -0.39 is 11.0 Å². The number of nitrogens with zero attached hydrogens (tertiary/aromatic N) is 3.